The van der Waals surface area contributed by atoms with Gasteiger partial charge in [0.2, 0.25) is 5.88 Å². The second kappa shape index (κ2) is 10.4. The van der Waals surface area contributed by atoms with Crippen LogP contribution in [0.5, 0.6) is 5.88 Å². The quantitative estimate of drug-likeness (QED) is 0.532. The number of aryl methyl sites for hydroxylation is 1. The Morgan fingerprint density at radius 3 is 2.63 bits per heavy atom. The van der Waals surface area contributed by atoms with Crippen molar-refractivity contribution in [1.82, 2.24) is 15.0 Å². The van der Waals surface area contributed by atoms with E-state index >= 15 is 0 Å². The molecule has 0 saturated carbocycles. The Labute approximate surface area is 205 Å². The molecule has 0 radical (unpaired) electrons. The summed E-state index contributed by atoms with van der Waals surface area (Å²) in [6, 6.07) is 8.92. The molecular weight excluding hydrogens is 446 g/mol. The van der Waals surface area contributed by atoms with Crippen molar-refractivity contribution in [3.63, 3.8) is 0 Å². The van der Waals surface area contributed by atoms with Gasteiger partial charge in [0.15, 0.2) is 5.82 Å². The van der Waals surface area contributed by atoms with E-state index < -0.39 is 5.60 Å². The molecule has 4 heterocycles. The van der Waals surface area contributed by atoms with Gasteiger partial charge in [-0.15, -0.1) is 0 Å². The van der Waals surface area contributed by atoms with Crippen molar-refractivity contribution < 1.29 is 19.4 Å². The lowest BCUT2D eigenvalue weighted by Crippen LogP contribution is -2.37. The molecule has 0 aliphatic carbocycles. The van der Waals surface area contributed by atoms with E-state index in [1.54, 1.807) is 32.2 Å². The fraction of sp³-hybridized carbons (Fsp3) is 0.385. The van der Waals surface area contributed by atoms with Gasteiger partial charge in [0.25, 0.3) is 5.91 Å². The molecule has 184 valence electrons. The van der Waals surface area contributed by atoms with Crippen LogP contribution in [0.2, 0.25) is 0 Å². The molecule has 3 aromatic heterocycles. The van der Waals surface area contributed by atoms with Crippen LogP contribution in [0.1, 0.15) is 42.5 Å². The van der Waals surface area contributed by atoms with Crippen molar-refractivity contribution >= 4 is 17.4 Å². The predicted octanol–water partition coefficient (Wildman–Crippen LogP) is 3.56. The SMILES string of the molecule is CCOc1cc(-c2cc(NC(=O)c3ccnc(C(C)(C)O)c3)c(N3CCOCC3)nc2C)ccn1. The van der Waals surface area contributed by atoms with Gasteiger partial charge in [-0.1, -0.05) is 0 Å². The number of aromatic nitrogens is 3. The van der Waals surface area contributed by atoms with Crippen molar-refractivity contribution in [3.8, 4) is 17.0 Å². The highest BCUT2D eigenvalue weighted by atomic mass is 16.5. The van der Waals surface area contributed by atoms with Crippen LogP contribution in [0.3, 0.4) is 0 Å². The van der Waals surface area contributed by atoms with Crippen LogP contribution in [0.15, 0.2) is 42.7 Å². The molecule has 2 N–H and O–H groups in total. The van der Waals surface area contributed by atoms with Crippen molar-refractivity contribution in [2.45, 2.75) is 33.3 Å². The van der Waals surface area contributed by atoms with E-state index in [0.717, 1.165) is 16.8 Å². The number of pyridine rings is 3. The third-order valence-corrected chi connectivity index (χ3v) is 5.74. The summed E-state index contributed by atoms with van der Waals surface area (Å²) in [6.45, 7) is 10.2. The first-order chi connectivity index (χ1) is 16.8. The Balaban J connectivity index is 1.74. The third kappa shape index (κ3) is 5.75. The van der Waals surface area contributed by atoms with E-state index in [1.165, 1.54) is 6.20 Å². The van der Waals surface area contributed by atoms with E-state index in [-0.39, 0.29) is 5.91 Å². The highest BCUT2D eigenvalue weighted by Crippen LogP contribution is 2.34. The van der Waals surface area contributed by atoms with E-state index in [1.807, 2.05) is 32.0 Å². The van der Waals surface area contributed by atoms with Crippen LogP contribution in [0.25, 0.3) is 11.1 Å². The van der Waals surface area contributed by atoms with E-state index in [0.29, 0.717) is 61.6 Å². The number of morpholine rings is 1. The fourth-order valence-corrected chi connectivity index (χ4v) is 3.90. The zero-order valence-electron chi connectivity index (χ0n) is 20.5. The summed E-state index contributed by atoms with van der Waals surface area (Å²) in [4.78, 5) is 28.7. The van der Waals surface area contributed by atoms with Crippen molar-refractivity contribution in [2.75, 3.05) is 43.1 Å². The number of nitrogens with one attached hydrogen (secondary N) is 1. The molecule has 0 spiro atoms. The minimum absolute atomic E-state index is 0.311. The molecule has 1 fully saturated rings. The third-order valence-electron chi connectivity index (χ3n) is 5.74. The smallest absolute Gasteiger partial charge is 0.255 e. The second-order valence-electron chi connectivity index (χ2n) is 8.85. The summed E-state index contributed by atoms with van der Waals surface area (Å²) in [6.07, 6.45) is 3.22. The van der Waals surface area contributed by atoms with Gasteiger partial charge in [0.1, 0.15) is 5.60 Å². The predicted molar refractivity (Wildman–Crippen MR) is 134 cm³/mol. The largest absolute Gasteiger partial charge is 0.478 e. The topological polar surface area (TPSA) is 110 Å². The van der Waals surface area contributed by atoms with Crippen molar-refractivity contribution in [3.05, 3.63) is 59.7 Å². The lowest BCUT2D eigenvalue weighted by molar-refractivity contribution is 0.0737. The molecule has 0 aromatic carbocycles. The highest BCUT2D eigenvalue weighted by Gasteiger charge is 2.23. The van der Waals surface area contributed by atoms with Crippen LogP contribution in [-0.2, 0) is 10.3 Å². The molecule has 35 heavy (non-hydrogen) atoms. The highest BCUT2D eigenvalue weighted by molar-refractivity contribution is 6.06. The molecule has 1 saturated heterocycles. The monoisotopic (exact) mass is 477 g/mol. The molecule has 4 rings (SSSR count). The molecule has 9 heteroatoms. The minimum Gasteiger partial charge on any atom is -0.478 e. The van der Waals surface area contributed by atoms with Crippen LogP contribution in [0, 0.1) is 6.92 Å². The molecule has 1 amide bonds. The summed E-state index contributed by atoms with van der Waals surface area (Å²) < 4.78 is 11.1. The van der Waals surface area contributed by atoms with Gasteiger partial charge in [-0.3, -0.25) is 9.78 Å². The molecule has 3 aromatic rings. The Hall–Kier alpha value is -3.56. The number of aliphatic hydroxyl groups is 1. The Morgan fingerprint density at radius 1 is 1.17 bits per heavy atom. The number of rotatable bonds is 7. The molecule has 0 atom stereocenters. The minimum atomic E-state index is -1.16. The van der Waals surface area contributed by atoms with Gasteiger partial charge < -0.3 is 24.8 Å². The number of carbonyl (C=O) groups excluding carboxylic acids is 1. The first kappa shape index (κ1) is 24.6. The molecule has 0 unspecified atom stereocenters. The van der Waals surface area contributed by atoms with E-state index in [4.69, 9.17) is 14.5 Å². The normalized spacial score (nSPS) is 14.0. The van der Waals surface area contributed by atoms with Gasteiger partial charge in [-0.25, -0.2) is 9.97 Å². The van der Waals surface area contributed by atoms with Gasteiger partial charge in [-0.2, -0.15) is 0 Å². The van der Waals surface area contributed by atoms with Gasteiger partial charge in [-0.05, 0) is 57.5 Å². The van der Waals surface area contributed by atoms with Gasteiger partial charge in [0.05, 0.1) is 31.2 Å². The average Bonchev–Trinajstić information content (AvgIpc) is 2.85. The summed E-state index contributed by atoms with van der Waals surface area (Å²) in [7, 11) is 0. The summed E-state index contributed by atoms with van der Waals surface area (Å²) in [5, 5.41) is 13.4. The van der Waals surface area contributed by atoms with Crippen molar-refractivity contribution in [1.29, 1.82) is 0 Å². The summed E-state index contributed by atoms with van der Waals surface area (Å²) >= 11 is 0. The molecule has 1 aliphatic heterocycles. The molecular formula is C26H31N5O4. The summed E-state index contributed by atoms with van der Waals surface area (Å²) in [5.74, 6) is 0.913. The van der Waals surface area contributed by atoms with Crippen molar-refractivity contribution in [2.24, 2.45) is 0 Å². The first-order valence-electron chi connectivity index (χ1n) is 11.7. The van der Waals surface area contributed by atoms with Gasteiger partial charge in [0, 0.05) is 48.4 Å². The maximum absolute atomic E-state index is 13.3. The van der Waals surface area contributed by atoms with E-state index in [2.05, 4.69) is 20.2 Å². The number of carbonyl (C=O) groups is 1. The number of hydrogen-bond acceptors (Lipinski definition) is 8. The Morgan fingerprint density at radius 2 is 1.91 bits per heavy atom. The Bertz CT molecular complexity index is 1200. The van der Waals surface area contributed by atoms with E-state index in [9.17, 15) is 9.90 Å². The lowest BCUT2D eigenvalue weighted by atomic mass is 10.0. The summed E-state index contributed by atoms with van der Waals surface area (Å²) in [5.41, 5.74) is 2.84. The van der Waals surface area contributed by atoms with Crippen LogP contribution in [0.4, 0.5) is 11.5 Å². The Kier molecular flexibility index (Phi) is 7.28. The number of ether oxygens (including phenoxy) is 2. The number of hydrogen-bond donors (Lipinski definition) is 2. The number of nitrogens with zero attached hydrogens (tertiary/aromatic N) is 4. The fourth-order valence-electron chi connectivity index (χ4n) is 3.90. The van der Waals surface area contributed by atoms with Crippen LogP contribution >= 0.6 is 0 Å². The molecule has 9 nitrogen and oxygen atoms in total. The first-order valence-corrected chi connectivity index (χ1v) is 11.7. The lowest BCUT2D eigenvalue weighted by Gasteiger charge is -2.30. The zero-order valence-corrected chi connectivity index (χ0v) is 20.5. The standard InChI is InChI=1S/C26H31N5O4/c1-5-35-23-15-18(6-9-28-23)20-16-21(24(29-17(20)2)31-10-12-34-13-11-31)30-25(32)19-7-8-27-22(14-19)26(3,4)33/h6-9,14-16,33H,5,10-13H2,1-4H3,(H,30,32). The average molecular weight is 478 g/mol. The van der Waals surface area contributed by atoms with Crippen LogP contribution in [-0.4, -0.2) is 58.9 Å². The van der Waals surface area contributed by atoms with Gasteiger partial charge >= 0.3 is 0 Å². The second-order valence-corrected chi connectivity index (χ2v) is 8.85. The number of amides is 1. The maximum atomic E-state index is 13.3. The maximum Gasteiger partial charge on any atom is 0.255 e. The molecule has 1 aliphatic rings. The zero-order chi connectivity index (χ0) is 25.0. The number of anilines is 2. The molecule has 0 bridgehead atoms. The van der Waals surface area contributed by atoms with Crippen LogP contribution < -0.4 is 15.0 Å².